The predicted molar refractivity (Wildman–Crippen MR) is 88.2 cm³/mol. The number of carboxylic acid groups (broad SMARTS) is 4. The number of hydrogen-bond donors (Lipinski definition) is 6. The van der Waals surface area contributed by atoms with Gasteiger partial charge in [-0.15, -0.1) is 0 Å². The van der Waals surface area contributed by atoms with Gasteiger partial charge in [-0.2, -0.15) is 0 Å². The SMILES string of the molecule is NC(CC(=O)O)C(CC(=O)O)(CC(=O)O)NCC(=O)O.O.O.O.[NaH].[NaH]. The summed E-state index contributed by atoms with van der Waals surface area (Å²) in [5, 5.41) is 37.2. The van der Waals surface area contributed by atoms with Gasteiger partial charge in [0.15, 0.2) is 0 Å². The fourth-order valence-corrected chi connectivity index (χ4v) is 1.76. The number of carbonyl (C=O) groups is 4. The van der Waals surface area contributed by atoms with Crippen LogP contribution >= 0.6 is 0 Å². The van der Waals surface area contributed by atoms with Gasteiger partial charge >= 0.3 is 83.0 Å². The summed E-state index contributed by atoms with van der Waals surface area (Å²) in [5.74, 6) is -5.56. The average molecular weight is 394 g/mol. The second-order valence-corrected chi connectivity index (χ2v) is 4.25. The molecule has 0 aromatic rings. The van der Waals surface area contributed by atoms with Crippen molar-refractivity contribution in [1.29, 1.82) is 0 Å². The zero-order valence-electron chi connectivity index (χ0n) is 11.9. The minimum absolute atomic E-state index is 0. The maximum absolute atomic E-state index is 10.8. The van der Waals surface area contributed by atoms with Gasteiger partial charge in [0.2, 0.25) is 0 Å². The molecule has 0 aromatic heterocycles. The van der Waals surface area contributed by atoms with E-state index in [0.717, 1.165) is 0 Å². The summed E-state index contributed by atoms with van der Waals surface area (Å²) in [7, 11) is 0. The van der Waals surface area contributed by atoms with Crippen LogP contribution in [0, 0.1) is 0 Å². The van der Waals surface area contributed by atoms with Crippen LogP contribution in [0.2, 0.25) is 0 Å². The molecule has 0 saturated heterocycles. The van der Waals surface area contributed by atoms with E-state index >= 15 is 0 Å². The van der Waals surface area contributed by atoms with Crippen molar-refractivity contribution in [3.63, 3.8) is 0 Å². The van der Waals surface area contributed by atoms with Crippen LogP contribution in [-0.4, -0.2) is 138 Å². The van der Waals surface area contributed by atoms with Crippen LogP contribution in [0.3, 0.4) is 0 Å². The molecule has 1 atom stereocenters. The summed E-state index contributed by atoms with van der Waals surface area (Å²) >= 11 is 0. The first-order chi connectivity index (χ1) is 9.09. The molecule has 13 nitrogen and oxygen atoms in total. The molecular weight excluding hydrogens is 370 g/mol. The number of nitrogens with one attached hydrogen (secondary N) is 1. The topological polar surface area (TPSA) is 282 Å². The molecule has 25 heavy (non-hydrogen) atoms. The Bertz CT molecular complexity index is 406. The van der Waals surface area contributed by atoms with Gasteiger partial charge in [-0.1, -0.05) is 0 Å². The fraction of sp³-hybridized carbons (Fsp3) is 0.600. The van der Waals surface area contributed by atoms with E-state index in [1.54, 1.807) is 0 Å². The molecule has 0 aliphatic heterocycles. The summed E-state index contributed by atoms with van der Waals surface area (Å²) in [6.07, 6.45) is -2.34. The molecule has 0 bridgehead atoms. The van der Waals surface area contributed by atoms with Gasteiger partial charge in [0.05, 0.1) is 31.3 Å². The van der Waals surface area contributed by atoms with Gasteiger partial charge in [0, 0.05) is 6.04 Å². The quantitative estimate of drug-likeness (QED) is 0.191. The molecule has 0 fully saturated rings. The van der Waals surface area contributed by atoms with E-state index in [1.807, 2.05) is 0 Å². The molecule has 15 heteroatoms. The second kappa shape index (κ2) is 18.5. The normalized spacial score (nSPS) is 10.1. The average Bonchev–Trinajstić information content (AvgIpc) is 2.23. The van der Waals surface area contributed by atoms with Gasteiger partial charge in [0.25, 0.3) is 0 Å². The molecule has 13 N–H and O–H groups in total. The van der Waals surface area contributed by atoms with Crippen LogP contribution < -0.4 is 11.1 Å². The van der Waals surface area contributed by atoms with E-state index in [1.165, 1.54) is 0 Å². The van der Waals surface area contributed by atoms with Gasteiger partial charge in [-0.3, -0.25) is 24.5 Å². The van der Waals surface area contributed by atoms with Crippen molar-refractivity contribution in [1.82, 2.24) is 5.32 Å². The zero-order chi connectivity index (χ0) is 15.9. The number of rotatable bonds is 10. The van der Waals surface area contributed by atoms with Crippen molar-refractivity contribution in [2.24, 2.45) is 5.73 Å². The van der Waals surface area contributed by atoms with Crippen LogP contribution in [0.4, 0.5) is 0 Å². The number of carboxylic acids is 4. The molecule has 0 amide bonds. The fourth-order valence-electron chi connectivity index (χ4n) is 1.76. The van der Waals surface area contributed by atoms with Crippen LogP contribution in [0.15, 0.2) is 0 Å². The Morgan fingerprint density at radius 2 is 1.16 bits per heavy atom. The summed E-state index contributed by atoms with van der Waals surface area (Å²) in [6.45, 7) is -0.742. The van der Waals surface area contributed by atoms with Crippen molar-refractivity contribution >= 4 is 83.0 Å². The Morgan fingerprint density at radius 1 is 0.800 bits per heavy atom. The Labute approximate surface area is 186 Å². The second-order valence-electron chi connectivity index (χ2n) is 4.25. The van der Waals surface area contributed by atoms with E-state index in [4.69, 9.17) is 26.2 Å². The Kier molecular flexibility index (Phi) is 29.3. The maximum atomic E-state index is 10.8. The summed E-state index contributed by atoms with van der Waals surface area (Å²) in [4.78, 5) is 42.9. The third-order valence-electron chi connectivity index (χ3n) is 2.63. The first-order valence-corrected chi connectivity index (χ1v) is 5.47. The molecule has 0 heterocycles. The van der Waals surface area contributed by atoms with Crippen molar-refractivity contribution in [2.45, 2.75) is 30.8 Å². The van der Waals surface area contributed by atoms with Crippen LogP contribution in [0.5, 0.6) is 0 Å². The first kappa shape index (κ1) is 39.7. The summed E-state index contributed by atoms with van der Waals surface area (Å²) < 4.78 is 0. The molecule has 1 unspecified atom stereocenters. The van der Waals surface area contributed by atoms with Gasteiger partial charge in [-0.05, 0) is 0 Å². The predicted octanol–water partition coefficient (Wildman–Crippen LogP) is -5.62. The van der Waals surface area contributed by atoms with E-state index in [9.17, 15) is 19.2 Å². The Morgan fingerprint density at radius 3 is 1.40 bits per heavy atom. The molecule has 0 saturated carbocycles. The van der Waals surface area contributed by atoms with Crippen LogP contribution in [0.1, 0.15) is 19.3 Å². The third-order valence-corrected chi connectivity index (χ3v) is 2.63. The van der Waals surface area contributed by atoms with Crippen molar-refractivity contribution in [3.05, 3.63) is 0 Å². The molecular formula is C10H24N2Na2O11. The molecule has 0 rings (SSSR count). The molecule has 0 aliphatic rings. The minimum atomic E-state index is -1.87. The van der Waals surface area contributed by atoms with E-state index in [0.29, 0.717) is 0 Å². The zero-order valence-corrected chi connectivity index (χ0v) is 11.9. The first-order valence-electron chi connectivity index (χ1n) is 5.47. The molecule has 0 spiro atoms. The molecule has 142 valence electrons. The van der Waals surface area contributed by atoms with Gasteiger partial charge in [0.1, 0.15) is 0 Å². The van der Waals surface area contributed by atoms with E-state index in [-0.39, 0.29) is 75.5 Å². The van der Waals surface area contributed by atoms with Crippen LogP contribution in [-0.2, 0) is 19.2 Å². The molecule has 0 aromatic carbocycles. The Balaban J connectivity index is -0.000000180. The molecule has 0 radical (unpaired) electrons. The monoisotopic (exact) mass is 394 g/mol. The standard InChI is InChI=1S/C10H16N2O8.2Na.3H2O.2H/c11-5(1-6(13)14)10(2-7(15)16,3-8(17)18)12-4-9(19)20;;;;;;;/h5,12H,1-4,11H2,(H,13,14)(H,15,16)(H,17,18)(H,19,20);;;3*1H2;;. The van der Waals surface area contributed by atoms with E-state index in [2.05, 4.69) is 5.32 Å². The summed E-state index contributed by atoms with van der Waals surface area (Å²) in [5.41, 5.74) is 3.71. The summed E-state index contributed by atoms with van der Waals surface area (Å²) in [6, 6.07) is -1.38. The number of hydrogen-bond acceptors (Lipinski definition) is 6. The van der Waals surface area contributed by atoms with Crippen molar-refractivity contribution in [3.8, 4) is 0 Å². The van der Waals surface area contributed by atoms with Gasteiger partial charge < -0.3 is 42.6 Å². The van der Waals surface area contributed by atoms with Crippen LogP contribution in [0.25, 0.3) is 0 Å². The van der Waals surface area contributed by atoms with Gasteiger partial charge in [-0.25, -0.2) is 0 Å². The van der Waals surface area contributed by atoms with Crippen molar-refractivity contribution < 1.29 is 56.0 Å². The van der Waals surface area contributed by atoms with E-state index < -0.39 is 61.3 Å². The Hall–Kier alpha value is -0.320. The number of aliphatic carboxylic acids is 4. The molecule has 0 aliphatic carbocycles. The van der Waals surface area contributed by atoms with Crippen molar-refractivity contribution in [2.75, 3.05) is 6.54 Å². The third kappa shape index (κ3) is 16.9. The number of nitrogens with two attached hydrogens (primary N) is 1.